The first kappa shape index (κ1) is 27.9. The minimum Gasteiger partial charge on any atom is -0.444 e. The number of imidazole rings is 1. The van der Waals surface area contributed by atoms with Crippen molar-refractivity contribution in [1.29, 1.82) is 0 Å². The molecule has 1 aliphatic heterocycles. The van der Waals surface area contributed by atoms with Crippen molar-refractivity contribution in [1.82, 2.24) is 28.5 Å². The fourth-order valence-corrected chi connectivity index (χ4v) is 4.60. The maximum Gasteiger partial charge on any atom is 0.410 e. The third-order valence-corrected chi connectivity index (χ3v) is 6.71. The zero-order valence-electron chi connectivity index (χ0n) is 23.4. The molecule has 0 saturated carbocycles. The van der Waals surface area contributed by atoms with Crippen molar-refractivity contribution in [3.05, 3.63) is 62.1 Å². The Balaban J connectivity index is 1.46. The van der Waals surface area contributed by atoms with E-state index < -0.39 is 5.60 Å². The normalized spacial score (nSPS) is 14.4. The van der Waals surface area contributed by atoms with E-state index in [1.807, 2.05) is 45.9 Å². The number of amides is 2. The molecule has 1 aliphatic rings. The number of piperazine rings is 1. The summed E-state index contributed by atoms with van der Waals surface area (Å²) >= 11 is 0. The van der Waals surface area contributed by atoms with Gasteiger partial charge in [0.15, 0.2) is 11.2 Å². The summed E-state index contributed by atoms with van der Waals surface area (Å²) in [6.45, 7) is 11.5. The molecule has 208 valence electrons. The highest BCUT2D eigenvalue weighted by Crippen LogP contribution is 2.16. The average molecular weight is 537 g/mol. The highest BCUT2D eigenvalue weighted by atomic mass is 16.6. The van der Waals surface area contributed by atoms with E-state index in [0.29, 0.717) is 55.3 Å². The van der Waals surface area contributed by atoms with Crippen molar-refractivity contribution in [3.8, 4) is 0 Å². The van der Waals surface area contributed by atoms with Gasteiger partial charge in [0.1, 0.15) is 11.4 Å². The molecule has 0 radical (unpaired) electrons. The van der Waals surface area contributed by atoms with Crippen molar-refractivity contribution >= 4 is 35.3 Å². The summed E-state index contributed by atoms with van der Waals surface area (Å²) in [7, 11) is 1.76. The van der Waals surface area contributed by atoms with Crippen LogP contribution in [0, 0.1) is 0 Å². The van der Waals surface area contributed by atoms with Gasteiger partial charge in [-0.3, -0.25) is 18.7 Å². The Labute approximate surface area is 226 Å². The van der Waals surface area contributed by atoms with Gasteiger partial charge in [-0.05, 0) is 58.4 Å². The lowest BCUT2D eigenvalue weighted by molar-refractivity contribution is 0.0141. The van der Waals surface area contributed by atoms with E-state index in [4.69, 9.17) is 4.74 Å². The van der Waals surface area contributed by atoms with Crippen LogP contribution in [0.1, 0.15) is 56.4 Å². The molecule has 0 unspecified atom stereocenters. The second kappa shape index (κ2) is 10.9. The largest absolute Gasteiger partial charge is 0.444 e. The lowest BCUT2D eigenvalue weighted by Gasteiger charge is -2.35. The van der Waals surface area contributed by atoms with Crippen LogP contribution in [0.15, 0.2) is 33.9 Å². The fourth-order valence-electron chi connectivity index (χ4n) is 4.60. The van der Waals surface area contributed by atoms with Gasteiger partial charge in [0.25, 0.3) is 11.5 Å². The van der Waals surface area contributed by atoms with Gasteiger partial charge in [-0.2, -0.15) is 0 Å². The van der Waals surface area contributed by atoms with Gasteiger partial charge in [0.2, 0.25) is 0 Å². The summed E-state index contributed by atoms with van der Waals surface area (Å²) in [5.74, 6) is 0.454. The van der Waals surface area contributed by atoms with Crippen LogP contribution in [0.5, 0.6) is 0 Å². The third-order valence-electron chi connectivity index (χ3n) is 6.71. The molecule has 0 atom stereocenters. The number of carbonyl (C=O) groups excluding carboxylic acids is 2. The molecule has 0 spiro atoms. The van der Waals surface area contributed by atoms with Crippen molar-refractivity contribution in [3.63, 3.8) is 0 Å². The predicted octanol–water partition coefficient (Wildman–Crippen LogP) is 2.80. The van der Waals surface area contributed by atoms with Crippen LogP contribution in [0.2, 0.25) is 0 Å². The molecule has 3 heterocycles. The van der Waals surface area contributed by atoms with E-state index in [9.17, 15) is 19.2 Å². The molecular weight excluding hydrogens is 500 g/mol. The topological polar surface area (TPSA) is 112 Å². The summed E-state index contributed by atoms with van der Waals surface area (Å²) < 4.78 is 9.84. The summed E-state index contributed by atoms with van der Waals surface area (Å²) in [6, 6.07) is 7.22. The number of benzene rings is 1. The van der Waals surface area contributed by atoms with Crippen molar-refractivity contribution in [2.75, 3.05) is 26.2 Å². The maximum atomic E-state index is 13.0. The van der Waals surface area contributed by atoms with E-state index in [2.05, 4.69) is 4.98 Å². The molecule has 3 aromatic rings. The van der Waals surface area contributed by atoms with Crippen LogP contribution in [-0.4, -0.2) is 72.3 Å². The molecule has 0 aliphatic carbocycles. The van der Waals surface area contributed by atoms with E-state index in [0.717, 1.165) is 5.56 Å². The summed E-state index contributed by atoms with van der Waals surface area (Å²) in [5, 5.41) is 0. The summed E-state index contributed by atoms with van der Waals surface area (Å²) in [4.78, 5) is 58.8. The number of aryl methyl sites for hydroxylation is 2. The second-order valence-corrected chi connectivity index (χ2v) is 10.5. The molecule has 11 nitrogen and oxygen atoms in total. The molecule has 2 aromatic heterocycles. The van der Waals surface area contributed by atoms with Crippen LogP contribution in [-0.2, 0) is 24.9 Å². The van der Waals surface area contributed by atoms with Crippen molar-refractivity contribution in [2.45, 2.75) is 53.3 Å². The first-order valence-electron chi connectivity index (χ1n) is 13.2. The van der Waals surface area contributed by atoms with Gasteiger partial charge < -0.3 is 19.1 Å². The molecule has 1 saturated heterocycles. The monoisotopic (exact) mass is 536 g/mol. The molecule has 4 rings (SSSR count). The van der Waals surface area contributed by atoms with Gasteiger partial charge in [0, 0.05) is 51.9 Å². The van der Waals surface area contributed by atoms with E-state index >= 15 is 0 Å². The van der Waals surface area contributed by atoms with E-state index in [-0.39, 0.29) is 29.8 Å². The van der Waals surface area contributed by atoms with Gasteiger partial charge >= 0.3 is 11.8 Å². The van der Waals surface area contributed by atoms with Gasteiger partial charge in [-0.25, -0.2) is 14.6 Å². The number of fused-ring (bicyclic) bond motifs is 1. The Bertz CT molecular complexity index is 1530. The van der Waals surface area contributed by atoms with Crippen LogP contribution < -0.4 is 11.2 Å². The summed E-state index contributed by atoms with van der Waals surface area (Å²) in [6.07, 6.45) is 3.27. The predicted molar refractivity (Wildman–Crippen MR) is 150 cm³/mol. The number of hydrogen-bond donors (Lipinski definition) is 0. The Kier molecular flexibility index (Phi) is 7.80. The van der Waals surface area contributed by atoms with E-state index in [1.165, 1.54) is 9.13 Å². The number of carbonyl (C=O) groups is 2. The Hall–Kier alpha value is -4.15. The third kappa shape index (κ3) is 5.67. The number of ether oxygens (including phenoxy) is 1. The van der Waals surface area contributed by atoms with Crippen LogP contribution >= 0.6 is 0 Å². The number of rotatable bonds is 5. The zero-order valence-corrected chi connectivity index (χ0v) is 23.4. The zero-order chi connectivity index (χ0) is 28.5. The number of hydrogen-bond acceptors (Lipinski definition) is 6. The fraction of sp³-hybridized carbons (Fsp3) is 0.464. The quantitative estimate of drug-likeness (QED) is 0.496. The second-order valence-electron chi connectivity index (χ2n) is 10.5. The molecule has 1 fully saturated rings. The minimum absolute atomic E-state index is 0.0885. The van der Waals surface area contributed by atoms with Gasteiger partial charge in [0.05, 0.1) is 0 Å². The molecule has 0 bridgehead atoms. The van der Waals surface area contributed by atoms with Crippen LogP contribution in [0.4, 0.5) is 4.79 Å². The smallest absolute Gasteiger partial charge is 0.410 e. The molecule has 2 amide bonds. The summed E-state index contributed by atoms with van der Waals surface area (Å²) in [5.41, 5.74) is 0.889. The van der Waals surface area contributed by atoms with E-state index in [1.54, 1.807) is 46.5 Å². The molecular formula is C28H36N6O5. The van der Waals surface area contributed by atoms with Gasteiger partial charge in [-0.15, -0.1) is 0 Å². The maximum absolute atomic E-state index is 13.0. The van der Waals surface area contributed by atoms with Crippen LogP contribution in [0.25, 0.3) is 23.3 Å². The SMILES string of the molecule is CCn1c(=O)c2c(nc(C=Cc3ccc(C(=O)N4CCN(C(=O)OC(C)(C)C)CC4)cc3)n2C)n(CC)c1=O. The first-order valence-corrected chi connectivity index (χ1v) is 13.2. The van der Waals surface area contributed by atoms with Crippen LogP contribution in [0.3, 0.4) is 0 Å². The molecule has 11 heteroatoms. The highest BCUT2D eigenvalue weighted by Gasteiger charge is 2.28. The molecule has 0 N–H and O–H groups in total. The Morgan fingerprint density at radius 1 is 0.923 bits per heavy atom. The van der Waals surface area contributed by atoms with Crippen molar-refractivity contribution < 1.29 is 14.3 Å². The highest BCUT2D eigenvalue weighted by molar-refractivity contribution is 5.94. The average Bonchev–Trinajstić information content (AvgIpc) is 3.23. The van der Waals surface area contributed by atoms with Gasteiger partial charge in [-0.1, -0.05) is 18.2 Å². The lowest BCUT2D eigenvalue weighted by atomic mass is 10.1. The number of nitrogens with zero attached hydrogens (tertiary/aromatic N) is 6. The number of aromatic nitrogens is 4. The minimum atomic E-state index is -0.557. The lowest BCUT2D eigenvalue weighted by Crippen LogP contribution is -2.51. The molecule has 39 heavy (non-hydrogen) atoms. The first-order chi connectivity index (χ1) is 18.4. The Morgan fingerprint density at radius 2 is 1.51 bits per heavy atom. The Morgan fingerprint density at radius 3 is 2.08 bits per heavy atom. The standard InChI is InChI=1S/C28H36N6O5/c1-7-33-23-22(25(36)34(8-2)26(33)37)30(6)21(29-23)14-11-19-9-12-20(13-10-19)24(35)31-15-17-32(18-16-31)27(38)39-28(3,4)5/h9-14H,7-8,15-18H2,1-6H3. The van der Waals surface area contributed by atoms with Crippen molar-refractivity contribution in [2.24, 2.45) is 7.05 Å². The molecule has 1 aromatic carbocycles.